The number of carbonyl (C=O) groups excluding carboxylic acids is 1. The molecule has 0 saturated heterocycles. The van der Waals surface area contributed by atoms with E-state index in [1.165, 1.54) is 12.1 Å². The molecule has 3 aromatic rings. The van der Waals surface area contributed by atoms with Gasteiger partial charge in [0.25, 0.3) is 0 Å². The van der Waals surface area contributed by atoms with E-state index < -0.39 is 0 Å². The van der Waals surface area contributed by atoms with Gasteiger partial charge < -0.3 is 10.1 Å². The summed E-state index contributed by atoms with van der Waals surface area (Å²) in [7, 11) is 1.82. The number of halogens is 1. The fraction of sp³-hybridized carbons (Fsp3) is 0.409. The number of carbonyl (C=O) groups is 1. The summed E-state index contributed by atoms with van der Waals surface area (Å²) in [6.07, 6.45) is 7.11. The van der Waals surface area contributed by atoms with Gasteiger partial charge in [0.05, 0.1) is 23.5 Å². The Morgan fingerprint density at radius 3 is 2.83 bits per heavy atom. The number of fused-ring (bicyclic) bond motifs is 2. The first-order valence-corrected chi connectivity index (χ1v) is 10.00. The zero-order valence-corrected chi connectivity index (χ0v) is 16.4. The Balaban J connectivity index is 1.20. The van der Waals surface area contributed by atoms with Gasteiger partial charge in [0.2, 0.25) is 5.91 Å². The van der Waals surface area contributed by atoms with Crippen LogP contribution in [0.2, 0.25) is 0 Å². The smallest absolute Gasteiger partial charge is 0.227 e. The van der Waals surface area contributed by atoms with E-state index in [4.69, 9.17) is 4.74 Å². The second kappa shape index (κ2) is 6.83. The summed E-state index contributed by atoms with van der Waals surface area (Å²) in [4.78, 5) is 16.8. The van der Waals surface area contributed by atoms with Gasteiger partial charge in [0.15, 0.2) is 0 Å². The molecule has 2 heterocycles. The van der Waals surface area contributed by atoms with Gasteiger partial charge in [-0.3, -0.25) is 14.5 Å². The Morgan fingerprint density at radius 2 is 2.10 bits per heavy atom. The molecule has 3 unspecified atom stereocenters. The number of nitrogens with zero attached hydrogens (tertiary/aromatic N) is 3. The van der Waals surface area contributed by atoms with Gasteiger partial charge in [0.1, 0.15) is 11.6 Å². The molecule has 2 aromatic heterocycles. The molecule has 1 aromatic carbocycles. The van der Waals surface area contributed by atoms with E-state index in [0.717, 1.165) is 24.0 Å². The summed E-state index contributed by atoms with van der Waals surface area (Å²) in [5.74, 6) is 1.82. The van der Waals surface area contributed by atoms with Gasteiger partial charge in [-0.25, -0.2) is 4.39 Å². The first kappa shape index (κ1) is 18.1. The maximum atomic E-state index is 13.6. The van der Waals surface area contributed by atoms with Crippen molar-refractivity contribution >= 4 is 22.5 Å². The van der Waals surface area contributed by atoms with Crippen molar-refractivity contribution in [2.75, 3.05) is 5.32 Å². The highest BCUT2D eigenvalue weighted by molar-refractivity contribution is 5.92. The van der Waals surface area contributed by atoms with E-state index in [1.54, 1.807) is 35.4 Å². The molecule has 6 nitrogen and oxygen atoms in total. The topological polar surface area (TPSA) is 69.0 Å². The maximum absolute atomic E-state index is 13.6. The van der Waals surface area contributed by atoms with Crippen LogP contribution in [0.25, 0.3) is 10.9 Å². The molecule has 2 aliphatic rings. The second-order valence-electron chi connectivity index (χ2n) is 8.27. The summed E-state index contributed by atoms with van der Waals surface area (Å²) in [6.45, 7) is 2.00. The third kappa shape index (κ3) is 3.34. The SMILES string of the molecule is CC(C(=O)Nc1cnn(C)c1)C1[C@H]2CC(Oc3ccnc4ccc(F)cc34)C[C@@H]12. The number of rotatable bonds is 5. The molecule has 0 radical (unpaired) electrons. The van der Waals surface area contributed by atoms with Gasteiger partial charge in [-0.05, 0) is 54.9 Å². The number of ether oxygens (including phenoxy) is 1. The molecule has 1 amide bonds. The molecule has 150 valence electrons. The predicted molar refractivity (Wildman–Crippen MR) is 107 cm³/mol. The average molecular weight is 394 g/mol. The molecular formula is C22H23FN4O2. The number of benzene rings is 1. The van der Waals surface area contributed by atoms with Gasteiger partial charge in [0, 0.05) is 30.7 Å². The number of amides is 1. The van der Waals surface area contributed by atoms with Crippen molar-refractivity contribution in [2.45, 2.75) is 25.9 Å². The van der Waals surface area contributed by atoms with Gasteiger partial charge in [-0.15, -0.1) is 0 Å². The molecule has 1 N–H and O–H groups in total. The predicted octanol–water partition coefficient (Wildman–Crippen LogP) is 3.79. The van der Waals surface area contributed by atoms with Crippen LogP contribution < -0.4 is 10.1 Å². The fourth-order valence-electron chi connectivity index (χ4n) is 4.97. The van der Waals surface area contributed by atoms with Crippen LogP contribution in [0.5, 0.6) is 5.75 Å². The van der Waals surface area contributed by atoms with Crippen molar-refractivity contribution in [3.05, 3.63) is 48.7 Å². The lowest BCUT2D eigenvalue weighted by atomic mass is 9.97. The minimum atomic E-state index is -0.293. The van der Waals surface area contributed by atoms with Gasteiger partial charge in [-0.2, -0.15) is 5.10 Å². The molecule has 29 heavy (non-hydrogen) atoms. The van der Waals surface area contributed by atoms with Gasteiger partial charge >= 0.3 is 0 Å². The van der Waals surface area contributed by atoms with Crippen molar-refractivity contribution in [2.24, 2.45) is 30.7 Å². The summed E-state index contributed by atoms with van der Waals surface area (Å²) >= 11 is 0. The van der Waals surface area contributed by atoms with Crippen LogP contribution >= 0.6 is 0 Å². The molecule has 0 aliphatic heterocycles. The highest BCUT2D eigenvalue weighted by Gasteiger charge is 2.59. The Hall–Kier alpha value is -2.96. The Bertz CT molecular complexity index is 1070. The summed E-state index contributed by atoms with van der Waals surface area (Å²) in [6, 6.07) is 6.35. The van der Waals surface area contributed by atoms with Crippen molar-refractivity contribution in [1.82, 2.24) is 14.8 Å². The van der Waals surface area contributed by atoms with Crippen LogP contribution in [0.15, 0.2) is 42.9 Å². The minimum absolute atomic E-state index is 0.0398. The van der Waals surface area contributed by atoms with Crippen LogP contribution in [-0.2, 0) is 11.8 Å². The highest BCUT2D eigenvalue weighted by Crippen LogP contribution is 2.61. The second-order valence-corrected chi connectivity index (χ2v) is 8.27. The number of aromatic nitrogens is 3. The standard InChI is InChI=1S/C22H23FN4O2/c1-12(22(28)26-14-10-25-27(2)11-14)21-16-8-15(9-17(16)21)29-20-5-6-24-19-4-3-13(23)7-18(19)20/h3-7,10-12,15-17,21H,8-9H2,1-2H3,(H,26,28)/t12?,15?,16-,17+,21?. The molecule has 5 atom stereocenters. The third-order valence-electron chi connectivity index (χ3n) is 6.39. The Labute approximate surface area is 168 Å². The van der Waals surface area contributed by atoms with Crippen molar-refractivity contribution in [1.29, 1.82) is 0 Å². The van der Waals surface area contributed by atoms with E-state index in [2.05, 4.69) is 15.4 Å². The monoisotopic (exact) mass is 394 g/mol. The van der Waals surface area contributed by atoms with E-state index in [9.17, 15) is 9.18 Å². The van der Waals surface area contributed by atoms with Crippen molar-refractivity contribution in [3.63, 3.8) is 0 Å². The zero-order chi connectivity index (χ0) is 20.1. The first-order chi connectivity index (χ1) is 14.0. The molecule has 5 rings (SSSR count). The zero-order valence-electron chi connectivity index (χ0n) is 16.4. The van der Waals surface area contributed by atoms with Crippen molar-refractivity contribution < 1.29 is 13.9 Å². The van der Waals surface area contributed by atoms with Crippen LogP contribution in [0.3, 0.4) is 0 Å². The van der Waals surface area contributed by atoms with Crippen LogP contribution in [0.4, 0.5) is 10.1 Å². The normalized spacial score (nSPS) is 26.2. The molecular weight excluding hydrogens is 371 g/mol. The van der Waals surface area contributed by atoms with E-state index >= 15 is 0 Å². The van der Waals surface area contributed by atoms with Crippen molar-refractivity contribution in [3.8, 4) is 5.75 Å². The molecule has 2 aliphatic carbocycles. The van der Waals surface area contributed by atoms with E-state index in [0.29, 0.717) is 28.9 Å². The third-order valence-corrected chi connectivity index (χ3v) is 6.39. The maximum Gasteiger partial charge on any atom is 0.227 e. The molecule has 0 spiro atoms. The quantitative estimate of drug-likeness (QED) is 0.715. The first-order valence-electron chi connectivity index (χ1n) is 10.00. The minimum Gasteiger partial charge on any atom is -0.490 e. The lowest BCUT2D eigenvalue weighted by Crippen LogP contribution is -2.25. The number of nitrogens with one attached hydrogen (secondary N) is 1. The molecule has 0 bridgehead atoms. The largest absolute Gasteiger partial charge is 0.490 e. The highest BCUT2D eigenvalue weighted by atomic mass is 19.1. The number of hydrogen-bond donors (Lipinski definition) is 1. The number of pyridine rings is 1. The molecule has 2 saturated carbocycles. The molecule has 7 heteroatoms. The van der Waals surface area contributed by atoms with Crippen LogP contribution in [0, 0.1) is 29.5 Å². The average Bonchev–Trinajstić information content (AvgIpc) is 3.00. The lowest BCUT2D eigenvalue weighted by Gasteiger charge is -2.20. The Morgan fingerprint density at radius 1 is 1.31 bits per heavy atom. The lowest BCUT2D eigenvalue weighted by molar-refractivity contribution is -0.120. The number of anilines is 1. The summed E-state index contributed by atoms with van der Waals surface area (Å²) < 4.78 is 21.5. The van der Waals surface area contributed by atoms with E-state index in [1.807, 2.05) is 14.0 Å². The van der Waals surface area contributed by atoms with Crippen LogP contribution in [-0.4, -0.2) is 26.8 Å². The number of aryl methyl sites for hydroxylation is 1. The number of hydrogen-bond acceptors (Lipinski definition) is 4. The fourth-order valence-corrected chi connectivity index (χ4v) is 4.97. The van der Waals surface area contributed by atoms with Gasteiger partial charge in [-0.1, -0.05) is 6.92 Å². The molecule has 2 fully saturated rings. The summed E-state index contributed by atoms with van der Waals surface area (Å²) in [5, 5.41) is 7.74. The van der Waals surface area contributed by atoms with Crippen LogP contribution in [0.1, 0.15) is 19.8 Å². The summed E-state index contributed by atoms with van der Waals surface area (Å²) in [5.41, 5.74) is 1.46. The Kier molecular flexibility index (Phi) is 4.26. The van der Waals surface area contributed by atoms with E-state index in [-0.39, 0.29) is 23.7 Å².